The second-order valence-corrected chi connectivity index (χ2v) is 5.35. The van der Waals surface area contributed by atoms with Gasteiger partial charge in [0.15, 0.2) is 0 Å². The van der Waals surface area contributed by atoms with Gasteiger partial charge in [-0.25, -0.2) is 4.79 Å². The van der Waals surface area contributed by atoms with Crippen LogP contribution in [0.3, 0.4) is 0 Å². The van der Waals surface area contributed by atoms with Gasteiger partial charge in [-0.15, -0.1) is 0 Å². The van der Waals surface area contributed by atoms with Gasteiger partial charge in [0.25, 0.3) is 0 Å². The Morgan fingerprint density at radius 1 is 1.05 bits per heavy atom. The summed E-state index contributed by atoms with van der Waals surface area (Å²) in [4.78, 5) is 11.2. The summed E-state index contributed by atoms with van der Waals surface area (Å²) in [5, 5.41) is 12.4. The van der Waals surface area contributed by atoms with Crippen LogP contribution in [-0.4, -0.2) is 11.1 Å². The maximum Gasteiger partial charge on any atom is 0.337 e. The molecule has 0 spiro atoms. The molecule has 3 rings (SSSR count). The van der Waals surface area contributed by atoms with Crippen molar-refractivity contribution in [2.45, 2.75) is 25.7 Å². The number of fused-ring (bicyclic) bond motifs is 1. The van der Waals surface area contributed by atoms with Crippen LogP contribution in [0.4, 0.5) is 17.1 Å². The van der Waals surface area contributed by atoms with E-state index in [9.17, 15) is 4.79 Å². The molecule has 0 saturated carbocycles. The molecular weight excluding hydrogens is 264 g/mol. The number of benzene rings is 2. The van der Waals surface area contributed by atoms with Crippen molar-refractivity contribution < 1.29 is 9.90 Å². The Labute approximate surface area is 123 Å². The highest BCUT2D eigenvalue weighted by atomic mass is 16.4. The minimum atomic E-state index is -1.01. The van der Waals surface area contributed by atoms with Crippen molar-refractivity contribution in [3.63, 3.8) is 0 Å². The average molecular weight is 282 g/mol. The van der Waals surface area contributed by atoms with E-state index in [4.69, 9.17) is 10.8 Å². The summed E-state index contributed by atoms with van der Waals surface area (Å²) >= 11 is 0. The summed E-state index contributed by atoms with van der Waals surface area (Å²) in [7, 11) is 0. The van der Waals surface area contributed by atoms with Crippen molar-refractivity contribution >= 4 is 23.0 Å². The van der Waals surface area contributed by atoms with E-state index in [-0.39, 0.29) is 11.3 Å². The monoisotopic (exact) mass is 282 g/mol. The van der Waals surface area contributed by atoms with Crippen LogP contribution in [0.5, 0.6) is 0 Å². The van der Waals surface area contributed by atoms with Crippen molar-refractivity contribution in [3.05, 3.63) is 53.1 Å². The molecule has 2 aromatic rings. The highest BCUT2D eigenvalue weighted by Crippen LogP contribution is 2.32. The number of carboxylic acid groups (broad SMARTS) is 1. The summed E-state index contributed by atoms with van der Waals surface area (Å²) in [6.07, 6.45) is 4.58. The van der Waals surface area contributed by atoms with Crippen molar-refractivity contribution in [1.82, 2.24) is 0 Å². The number of hydrogen-bond donors (Lipinski definition) is 3. The van der Waals surface area contributed by atoms with Crippen LogP contribution in [0, 0.1) is 0 Å². The second kappa shape index (κ2) is 5.48. The van der Waals surface area contributed by atoms with Crippen LogP contribution in [0.25, 0.3) is 0 Å². The molecule has 2 aromatic carbocycles. The average Bonchev–Trinajstić information content (AvgIpc) is 2.49. The van der Waals surface area contributed by atoms with E-state index in [1.54, 1.807) is 6.07 Å². The highest BCUT2D eigenvalue weighted by molar-refractivity contribution is 5.97. The molecule has 0 atom stereocenters. The molecular formula is C17H18N2O2. The zero-order chi connectivity index (χ0) is 14.8. The number of anilines is 3. The number of aromatic carboxylic acids is 1. The van der Waals surface area contributed by atoms with E-state index in [2.05, 4.69) is 11.4 Å². The standard InChI is InChI=1S/C17H18N2O2/c18-16-13(17(20)21)8-4-10-15(16)19-14-9-3-6-11-5-1-2-7-12(11)14/h3-4,6,8-10,19H,1-2,5,7,18H2,(H,20,21). The topological polar surface area (TPSA) is 75.3 Å². The first-order valence-electron chi connectivity index (χ1n) is 7.16. The molecule has 4 N–H and O–H groups in total. The fraction of sp³-hybridized carbons (Fsp3) is 0.235. The molecule has 1 aliphatic rings. The Morgan fingerprint density at radius 2 is 1.76 bits per heavy atom. The lowest BCUT2D eigenvalue weighted by Crippen LogP contribution is -2.08. The van der Waals surface area contributed by atoms with Crippen LogP contribution in [0.1, 0.15) is 34.3 Å². The Morgan fingerprint density at radius 3 is 2.57 bits per heavy atom. The molecule has 21 heavy (non-hydrogen) atoms. The van der Waals surface area contributed by atoms with E-state index in [0.29, 0.717) is 5.69 Å². The Hall–Kier alpha value is -2.49. The van der Waals surface area contributed by atoms with Crippen LogP contribution < -0.4 is 11.1 Å². The lowest BCUT2D eigenvalue weighted by molar-refractivity contribution is 0.0698. The minimum absolute atomic E-state index is 0.129. The fourth-order valence-electron chi connectivity index (χ4n) is 2.90. The molecule has 0 radical (unpaired) electrons. The maximum absolute atomic E-state index is 11.2. The summed E-state index contributed by atoms with van der Waals surface area (Å²) < 4.78 is 0. The van der Waals surface area contributed by atoms with Gasteiger partial charge in [-0.1, -0.05) is 18.2 Å². The predicted molar refractivity (Wildman–Crippen MR) is 84.2 cm³/mol. The molecule has 0 saturated heterocycles. The fourth-order valence-corrected chi connectivity index (χ4v) is 2.90. The summed E-state index contributed by atoms with van der Waals surface area (Å²) in [5.74, 6) is -1.01. The second-order valence-electron chi connectivity index (χ2n) is 5.35. The predicted octanol–water partition coefficient (Wildman–Crippen LogP) is 3.59. The van der Waals surface area contributed by atoms with Gasteiger partial charge < -0.3 is 16.2 Å². The molecule has 108 valence electrons. The molecule has 4 heteroatoms. The zero-order valence-electron chi connectivity index (χ0n) is 11.7. The highest BCUT2D eigenvalue weighted by Gasteiger charge is 2.15. The SMILES string of the molecule is Nc1c(Nc2cccc3c2CCCC3)cccc1C(=O)O. The third-order valence-corrected chi connectivity index (χ3v) is 4.00. The van der Waals surface area contributed by atoms with Crippen LogP contribution >= 0.6 is 0 Å². The number of nitrogen functional groups attached to an aromatic ring is 1. The zero-order valence-corrected chi connectivity index (χ0v) is 11.7. The van der Waals surface area contributed by atoms with Crippen LogP contribution in [0.2, 0.25) is 0 Å². The molecule has 0 bridgehead atoms. The largest absolute Gasteiger partial charge is 0.478 e. The molecule has 1 aliphatic carbocycles. The number of carboxylic acids is 1. The van der Waals surface area contributed by atoms with Crippen LogP contribution in [0.15, 0.2) is 36.4 Å². The van der Waals surface area contributed by atoms with Crippen molar-refractivity contribution in [3.8, 4) is 0 Å². The third-order valence-electron chi connectivity index (χ3n) is 4.00. The first-order chi connectivity index (χ1) is 10.2. The van der Waals surface area contributed by atoms with E-state index in [1.165, 1.54) is 30.0 Å². The lowest BCUT2D eigenvalue weighted by Gasteiger charge is -2.21. The van der Waals surface area contributed by atoms with Gasteiger partial charge in [-0.2, -0.15) is 0 Å². The molecule has 0 amide bonds. The number of nitrogens with two attached hydrogens (primary N) is 1. The Balaban J connectivity index is 1.98. The number of rotatable bonds is 3. The van der Waals surface area contributed by atoms with Gasteiger partial charge in [0.2, 0.25) is 0 Å². The summed E-state index contributed by atoms with van der Waals surface area (Å²) in [5.41, 5.74) is 10.7. The maximum atomic E-state index is 11.2. The minimum Gasteiger partial charge on any atom is -0.478 e. The first-order valence-corrected chi connectivity index (χ1v) is 7.16. The number of hydrogen-bond acceptors (Lipinski definition) is 3. The van der Waals surface area contributed by atoms with Gasteiger partial charge in [-0.3, -0.25) is 0 Å². The molecule has 0 unspecified atom stereocenters. The van der Waals surface area contributed by atoms with Crippen molar-refractivity contribution in [2.24, 2.45) is 0 Å². The van der Waals surface area contributed by atoms with E-state index in [1.807, 2.05) is 18.2 Å². The molecule has 0 fully saturated rings. The quantitative estimate of drug-likeness (QED) is 0.752. The normalized spacial score (nSPS) is 13.5. The first kappa shape index (κ1) is 13.5. The smallest absolute Gasteiger partial charge is 0.337 e. The van der Waals surface area contributed by atoms with Gasteiger partial charge >= 0.3 is 5.97 Å². The number of carbonyl (C=O) groups is 1. The van der Waals surface area contributed by atoms with E-state index in [0.717, 1.165) is 18.5 Å². The summed E-state index contributed by atoms with van der Waals surface area (Å²) in [6, 6.07) is 11.3. The number of nitrogens with one attached hydrogen (secondary N) is 1. The van der Waals surface area contributed by atoms with Gasteiger partial charge in [0.1, 0.15) is 0 Å². The van der Waals surface area contributed by atoms with Gasteiger partial charge in [0.05, 0.1) is 16.9 Å². The van der Waals surface area contributed by atoms with E-state index >= 15 is 0 Å². The van der Waals surface area contributed by atoms with Gasteiger partial charge in [0, 0.05) is 5.69 Å². The Kier molecular flexibility index (Phi) is 3.52. The molecule has 4 nitrogen and oxygen atoms in total. The van der Waals surface area contributed by atoms with Crippen LogP contribution in [-0.2, 0) is 12.8 Å². The molecule has 0 heterocycles. The molecule has 0 aliphatic heterocycles. The summed E-state index contributed by atoms with van der Waals surface area (Å²) in [6.45, 7) is 0. The van der Waals surface area contributed by atoms with Crippen molar-refractivity contribution in [2.75, 3.05) is 11.1 Å². The van der Waals surface area contributed by atoms with E-state index < -0.39 is 5.97 Å². The van der Waals surface area contributed by atoms with Crippen molar-refractivity contribution in [1.29, 1.82) is 0 Å². The van der Waals surface area contributed by atoms with Gasteiger partial charge in [-0.05, 0) is 55.0 Å². The molecule has 0 aromatic heterocycles. The number of aryl methyl sites for hydroxylation is 1. The lowest BCUT2D eigenvalue weighted by atomic mass is 9.90. The Bertz CT molecular complexity index is 695. The third kappa shape index (κ3) is 2.57. The number of para-hydroxylation sites is 1.